The second-order valence-corrected chi connectivity index (χ2v) is 2.94. The number of carbonyl (C=O) groups excluding carboxylic acids is 3. The molecule has 0 aliphatic carbocycles. The van der Waals surface area contributed by atoms with E-state index in [1.54, 1.807) is 0 Å². The third-order valence-corrected chi connectivity index (χ3v) is 1.76. The molecule has 0 aromatic rings. The highest BCUT2D eigenvalue weighted by atomic mass is 19.4. The van der Waals surface area contributed by atoms with Crippen molar-refractivity contribution >= 4 is 17.8 Å². The lowest BCUT2D eigenvalue weighted by Gasteiger charge is -2.20. The van der Waals surface area contributed by atoms with Gasteiger partial charge in [0.05, 0.1) is 14.2 Å². The van der Waals surface area contributed by atoms with Gasteiger partial charge in [0.2, 0.25) is 0 Å². The fraction of sp³-hybridized carbons (Fsp3) is 0.625. The first-order valence-corrected chi connectivity index (χ1v) is 4.36. The Hall–Kier alpha value is -1.84. The molecule has 104 valence electrons. The van der Waals surface area contributed by atoms with Gasteiger partial charge in [-0.15, -0.1) is 0 Å². The standard InChI is InChI=1S/C8H10F3NO6/c1-17-5(14)3(4(13)6(15)18-2)12-7(16)8(9,10)11/h3-4,13H,1-2H3,(H,12,16)/t3-,4+/m1/s1. The number of carbonyl (C=O) groups is 3. The first kappa shape index (κ1) is 16.2. The molecule has 10 heteroatoms. The minimum Gasteiger partial charge on any atom is -0.467 e. The Morgan fingerprint density at radius 1 is 1.11 bits per heavy atom. The van der Waals surface area contributed by atoms with Crippen molar-refractivity contribution in [2.45, 2.75) is 18.3 Å². The molecule has 0 radical (unpaired) electrons. The Morgan fingerprint density at radius 3 is 1.89 bits per heavy atom. The van der Waals surface area contributed by atoms with Crippen molar-refractivity contribution in [1.82, 2.24) is 5.32 Å². The van der Waals surface area contributed by atoms with Crippen LogP contribution in [0.2, 0.25) is 0 Å². The number of alkyl halides is 3. The van der Waals surface area contributed by atoms with Crippen molar-refractivity contribution in [3.63, 3.8) is 0 Å². The van der Waals surface area contributed by atoms with E-state index >= 15 is 0 Å². The van der Waals surface area contributed by atoms with Gasteiger partial charge in [0.25, 0.3) is 0 Å². The van der Waals surface area contributed by atoms with Gasteiger partial charge in [-0.25, -0.2) is 9.59 Å². The Balaban J connectivity index is 4.98. The molecular formula is C8H10F3NO6. The maximum absolute atomic E-state index is 12.0. The molecule has 0 bridgehead atoms. The van der Waals surface area contributed by atoms with Gasteiger partial charge in [-0.3, -0.25) is 4.79 Å². The number of esters is 2. The normalized spacial score (nSPS) is 14.3. The molecule has 0 rings (SSSR count). The van der Waals surface area contributed by atoms with Crippen LogP contribution in [-0.4, -0.2) is 55.5 Å². The predicted molar refractivity (Wildman–Crippen MR) is 48.0 cm³/mol. The first-order chi connectivity index (χ1) is 8.15. The van der Waals surface area contributed by atoms with Crippen LogP contribution in [0.1, 0.15) is 0 Å². The monoisotopic (exact) mass is 273 g/mol. The zero-order chi connectivity index (χ0) is 14.5. The van der Waals surface area contributed by atoms with Crippen LogP contribution >= 0.6 is 0 Å². The number of halogens is 3. The van der Waals surface area contributed by atoms with Gasteiger partial charge in [-0.05, 0) is 0 Å². The first-order valence-electron chi connectivity index (χ1n) is 4.36. The molecule has 0 spiro atoms. The van der Waals surface area contributed by atoms with Crippen LogP contribution in [-0.2, 0) is 23.9 Å². The van der Waals surface area contributed by atoms with Gasteiger partial charge >= 0.3 is 24.0 Å². The molecule has 0 aromatic heterocycles. The van der Waals surface area contributed by atoms with E-state index in [1.807, 2.05) is 0 Å². The zero-order valence-corrected chi connectivity index (χ0v) is 9.28. The van der Waals surface area contributed by atoms with Gasteiger partial charge in [0.1, 0.15) is 0 Å². The maximum atomic E-state index is 12.0. The number of rotatable bonds is 4. The van der Waals surface area contributed by atoms with Crippen LogP contribution in [0, 0.1) is 0 Å². The minimum atomic E-state index is -5.28. The lowest BCUT2D eigenvalue weighted by molar-refractivity contribution is -0.178. The van der Waals surface area contributed by atoms with E-state index in [9.17, 15) is 32.7 Å². The summed E-state index contributed by atoms with van der Waals surface area (Å²) in [5, 5.41) is 10.4. The molecule has 0 heterocycles. The van der Waals surface area contributed by atoms with Crippen LogP contribution in [0.4, 0.5) is 13.2 Å². The van der Waals surface area contributed by atoms with Gasteiger partial charge in [-0.2, -0.15) is 13.2 Å². The van der Waals surface area contributed by atoms with E-state index in [1.165, 1.54) is 0 Å². The fourth-order valence-corrected chi connectivity index (χ4v) is 0.874. The number of nitrogens with one attached hydrogen (secondary N) is 1. The van der Waals surface area contributed by atoms with E-state index in [0.717, 1.165) is 19.5 Å². The van der Waals surface area contributed by atoms with Crippen molar-refractivity contribution in [2.24, 2.45) is 0 Å². The lowest BCUT2D eigenvalue weighted by atomic mass is 10.1. The molecular weight excluding hydrogens is 263 g/mol. The molecule has 0 aromatic carbocycles. The fourth-order valence-electron chi connectivity index (χ4n) is 0.874. The topological polar surface area (TPSA) is 102 Å². The highest BCUT2D eigenvalue weighted by Crippen LogP contribution is 2.15. The van der Waals surface area contributed by atoms with E-state index in [-0.39, 0.29) is 0 Å². The summed E-state index contributed by atoms with van der Waals surface area (Å²) in [5.74, 6) is -5.32. The van der Waals surface area contributed by atoms with E-state index < -0.39 is 36.2 Å². The highest BCUT2D eigenvalue weighted by molar-refractivity contribution is 5.91. The summed E-state index contributed by atoms with van der Waals surface area (Å²) in [7, 11) is 1.64. The zero-order valence-electron chi connectivity index (χ0n) is 9.28. The lowest BCUT2D eigenvalue weighted by Crippen LogP contribution is -2.55. The van der Waals surface area contributed by atoms with E-state index in [2.05, 4.69) is 9.47 Å². The highest BCUT2D eigenvalue weighted by Gasteiger charge is 2.44. The summed E-state index contributed by atoms with van der Waals surface area (Å²) in [6.45, 7) is 0. The summed E-state index contributed by atoms with van der Waals surface area (Å²) in [5.41, 5.74) is 0. The molecule has 0 fully saturated rings. The molecule has 7 nitrogen and oxygen atoms in total. The van der Waals surface area contributed by atoms with Gasteiger partial charge in [0, 0.05) is 0 Å². The average Bonchev–Trinajstić information content (AvgIpc) is 2.31. The Kier molecular flexibility index (Phi) is 5.56. The quantitative estimate of drug-likeness (QED) is 0.620. The third kappa shape index (κ3) is 4.20. The maximum Gasteiger partial charge on any atom is 0.471 e. The van der Waals surface area contributed by atoms with Gasteiger partial charge in [0.15, 0.2) is 12.1 Å². The second kappa shape index (κ2) is 6.19. The van der Waals surface area contributed by atoms with Crippen LogP contribution < -0.4 is 5.32 Å². The summed E-state index contributed by atoms with van der Waals surface area (Å²) >= 11 is 0. The molecule has 0 aliphatic heterocycles. The largest absolute Gasteiger partial charge is 0.471 e. The Labute approximate surface area is 98.8 Å². The van der Waals surface area contributed by atoms with Crippen LogP contribution in [0.5, 0.6) is 0 Å². The molecule has 0 saturated heterocycles. The molecule has 1 amide bonds. The molecule has 18 heavy (non-hydrogen) atoms. The molecule has 0 unspecified atom stereocenters. The summed E-state index contributed by atoms with van der Waals surface area (Å²) in [4.78, 5) is 32.6. The number of aliphatic hydroxyl groups excluding tert-OH is 1. The second-order valence-electron chi connectivity index (χ2n) is 2.94. The van der Waals surface area contributed by atoms with Crippen molar-refractivity contribution < 1.29 is 42.1 Å². The summed E-state index contributed by atoms with van der Waals surface area (Å²) in [6.07, 6.45) is -7.59. The van der Waals surface area contributed by atoms with Crippen LogP contribution in [0.25, 0.3) is 0 Å². The van der Waals surface area contributed by atoms with Crippen molar-refractivity contribution in [3.05, 3.63) is 0 Å². The van der Waals surface area contributed by atoms with Crippen molar-refractivity contribution in [2.75, 3.05) is 14.2 Å². The number of hydrogen-bond donors (Lipinski definition) is 2. The van der Waals surface area contributed by atoms with Gasteiger partial charge in [-0.1, -0.05) is 0 Å². The third-order valence-electron chi connectivity index (χ3n) is 1.76. The molecule has 2 N–H and O–H groups in total. The number of amides is 1. The molecule has 0 aliphatic rings. The molecule has 2 atom stereocenters. The predicted octanol–water partition coefficient (Wildman–Crippen LogP) is -1.26. The Bertz CT molecular complexity index is 342. The summed E-state index contributed by atoms with van der Waals surface area (Å²) < 4.78 is 44.0. The Morgan fingerprint density at radius 2 is 1.56 bits per heavy atom. The SMILES string of the molecule is COC(=O)[C@@H](O)[C@@H](NC(=O)C(F)(F)F)C(=O)OC. The van der Waals surface area contributed by atoms with Crippen molar-refractivity contribution in [1.29, 1.82) is 0 Å². The number of hydrogen-bond acceptors (Lipinski definition) is 6. The summed E-state index contributed by atoms with van der Waals surface area (Å²) in [6, 6.07) is -2.21. The van der Waals surface area contributed by atoms with Gasteiger partial charge < -0.3 is 19.9 Å². The molecule has 0 saturated carbocycles. The number of ether oxygens (including phenoxy) is 2. The smallest absolute Gasteiger partial charge is 0.467 e. The number of methoxy groups -OCH3 is 2. The van der Waals surface area contributed by atoms with Crippen LogP contribution in [0.3, 0.4) is 0 Å². The number of aliphatic hydroxyl groups is 1. The van der Waals surface area contributed by atoms with Crippen molar-refractivity contribution in [3.8, 4) is 0 Å². The van der Waals surface area contributed by atoms with E-state index in [4.69, 9.17) is 0 Å². The minimum absolute atomic E-state index is 0.805. The van der Waals surface area contributed by atoms with Crippen LogP contribution in [0.15, 0.2) is 0 Å². The van der Waals surface area contributed by atoms with E-state index in [0.29, 0.717) is 0 Å². The average molecular weight is 273 g/mol.